The van der Waals surface area contributed by atoms with Gasteiger partial charge in [-0.3, -0.25) is 0 Å². The average Bonchev–Trinajstić information content (AvgIpc) is 2.20. The summed E-state index contributed by atoms with van der Waals surface area (Å²) in [6.07, 6.45) is 0. The zero-order valence-corrected chi connectivity index (χ0v) is 9.77. The average molecular weight is 262 g/mol. The van der Waals surface area contributed by atoms with Crippen LogP contribution < -0.4 is 5.73 Å². The van der Waals surface area contributed by atoms with Crippen molar-refractivity contribution < 1.29 is 9.13 Å². The van der Waals surface area contributed by atoms with Crippen LogP contribution in [0.5, 0.6) is 0 Å². The quantitative estimate of drug-likeness (QED) is 0.907. The maximum atomic E-state index is 13.5. The highest BCUT2D eigenvalue weighted by Gasteiger charge is 2.27. The largest absolute Gasteiger partial charge is 0.372 e. The van der Waals surface area contributed by atoms with E-state index in [1.807, 2.05) is 0 Å². The van der Waals surface area contributed by atoms with Crippen LogP contribution >= 0.6 is 15.9 Å². The molecule has 1 aromatic rings. The van der Waals surface area contributed by atoms with Crippen molar-refractivity contribution in [1.82, 2.24) is 0 Å². The number of nitrogens with two attached hydrogens (primary N) is 1. The zero-order valence-electron chi connectivity index (χ0n) is 8.18. The Kier molecular flexibility index (Phi) is 3.64. The van der Waals surface area contributed by atoms with Crippen LogP contribution in [0, 0.1) is 5.82 Å². The first-order chi connectivity index (χ1) is 6.53. The van der Waals surface area contributed by atoms with Gasteiger partial charge in [-0.25, -0.2) is 4.39 Å². The topological polar surface area (TPSA) is 35.2 Å². The first-order valence-corrected chi connectivity index (χ1v) is 5.03. The van der Waals surface area contributed by atoms with Gasteiger partial charge < -0.3 is 10.5 Å². The van der Waals surface area contributed by atoms with E-state index in [2.05, 4.69) is 15.9 Å². The molecule has 0 aliphatic heterocycles. The van der Waals surface area contributed by atoms with Gasteiger partial charge in [0, 0.05) is 23.7 Å². The Bertz CT molecular complexity index is 326. The highest BCUT2D eigenvalue weighted by atomic mass is 79.9. The van der Waals surface area contributed by atoms with Crippen LogP contribution in [0.25, 0.3) is 0 Å². The Hall–Kier alpha value is -0.450. The predicted molar refractivity (Wildman–Crippen MR) is 57.5 cm³/mol. The van der Waals surface area contributed by atoms with Crippen molar-refractivity contribution in [3.8, 4) is 0 Å². The molecule has 78 valence electrons. The van der Waals surface area contributed by atoms with E-state index >= 15 is 0 Å². The Labute approximate surface area is 91.4 Å². The standard InChI is InChI=1S/C10H13BrFNO/c1-10(6-13,14-2)8-5-7(11)3-4-9(8)12/h3-5H,6,13H2,1-2H3. The number of halogens is 2. The molecule has 0 fully saturated rings. The first kappa shape index (κ1) is 11.6. The molecule has 0 aromatic heterocycles. The fourth-order valence-corrected chi connectivity index (χ4v) is 1.57. The second kappa shape index (κ2) is 4.38. The fraction of sp³-hybridized carbons (Fsp3) is 0.400. The molecule has 0 radical (unpaired) electrons. The van der Waals surface area contributed by atoms with Crippen LogP contribution in [0.3, 0.4) is 0 Å². The zero-order chi connectivity index (χ0) is 10.8. The number of hydrogen-bond donors (Lipinski definition) is 1. The van der Waals surface area contributed by atoms with Crippen LogP contribution in [-0.2, 0) is 10.3 Å². The summed E-state index contributed by atoms with van der Waals surface area (Å²) in [5, 5.41) is 0. The van der Waals surface area contributed by atoms with Gasteiger partial charge in [0.15, 0.2) is 0 Å². The van der Waals surface area contributed by atoms with Gasteiger partial charge in [-0.15, -0.1) is 0 Å². The molecule has 14 heavy (non-hydrogen) atoms. The van der Waals surface area contributed by atoms with Crippen molar-refractivity contribution in [2.75, 3.05) is 13.7 Å². The monoisotopic (exact) mass is 261 g/mol. The lowest BCUT2D eigenvalue weighted by molar-refractivity contribution is 0.00712. The molecule has 0 aliphatic carbocycles. The predicted octanol–water partition coefficient (Wildman–Crippen LogP) is 2.41. The molecule has 2 nitrogen and oxygen atoms in total. The molecule has 0 heterocycles. The van der Waals surface area contributed by atoms with Crippen LogP contribution in [0.4, 0.5) is 4.39 Å². The van der Waals surface area contributed by atoms with Crippen molar-refractivity contribution in [2.45, 2.75) is 12.5 Å². The molecule has 0 spiro atoms. The summed E-state index contributed by atoms with van der Waals surface area (Å²) in [7, 11) is 1.52. The first-order valence-electron chi connectivity index (χ1n) is 4.24. The molecule has 0 aliphatic rings. The minimum absolute atomic E-state index is 0.233. The van der Waals surface area contributed by atoms with Gasteiger partial charge in [0.1, 0.15) is 11.4 Å². The minimum Gasteiger partial charge on any atom is -0.372 e. The van der Waals surface area contributed by atoms with Gasteiger partial charge >= 0.3 is 0 Å². The Morgan fingerprint density at radius 2 is 2.21 bits per heavy atom. The molecule has 1 atom stereocenters. The summed E-state index contributed by atoms with van der Waals surface area (Å²) >= 11 is 3.28. The third-order valence-electron chi connectivity index (χ3n) is 2.34. The van der Waals surface area contributed by atoms with Gasteiger partial charge in [0.05, 0.1) is 0 Å². The van der Waals surface area contributed by atoms with Gasteiger partial charge in [0.2, 0.25) is 0 Å². The molecule has 0 amide bonds. The number of hydrogen-bond acceptors (Lipinski definition) is 2. The van der Waals surface area contributed by atoms with Gasteiger partial charge in [-0.05, 0) is 25.1 Å². The number of rotatable bonds is 3. The second-order valence-corrected chi connectivity index (χ2v) is 4.18. The Balaban J connectivity index is 3.22. The molecule has 4 heteroatoms. The van der Waals surface area contributed by atoms with Crippen molar-refractivity contribution >= 4 is 15.9 Å². The maximum Gasteiger partial charge on any atom is 0.129 e. The molecular weight excluding hydrogens is 249 g/mol. The summed E-state index contributed by atoms with van der Waals surface area (Å²) in [5.74, 6) is -0.303. The van der Waals surface area contributed by atoms with E-state index in [1.54, 1.807) is 19.1 Å². The molecule has 1 rings (SSSR count). The lowest BCUT2D eigenvalue weighted by atomic mass is 9.95. The minimum atomic E-state index is -0.770. The van der Waals surface area contributed by atoms with E-state index in [0.29, 0.717) is 5.56 Å². The lowest BCUT2D eigenvalue weighted by Gasteiger charge is -2.27. The van der Waals surface area contributed by atoms with E-state index in [-0.39, 0.29) is 12.4 Å². The summed E-state index contributed by atoms with van der Waals surface area (Å²) in [6, 6.07) is 4.73. The highest BCUT2D eigenvalue weighted by Crippen LogP contribution is 2.28. The molecule has 2 N–H and O–H groups in total. The molecular formula is C10H13BrFNO. The lowest BCUT2D eigenvalue weighted by Crippen LogP contribution is -2.34. The van der Waals surface area contributed by atoms with Crippen LogP contribution in [0.1, 0.15) is 12.5 Å². The van der Waals surface area contributed by atoms with Crippen molar-refractivity contribution in [3.63, 3.8) is 0 Å². The van der Waals surface area contributed by atoms with Gasteiger partial charge in [-0.1, -0.05) is 15.9 Å². The van der Waals surface area contributed by atoms with Gasteiger partial charge in [-0.2, -0.15) is 0 Å². The third-order valence-corrected chi connectivity index (χ3v) is 2.83. The highest BCUT2D eigenvalue weighted by molar-refractivity contribution is 9.10. The summed E-state index contributed by atoms with van der Waals surface area (Å²) in [6.45, 7) is 1.99. The third kappa shape index (κ3) is 2.13. The van der Waals surface area contributed by atoms with Crippen molar-refractivity contribution in [3.05, 3.63) is 34.1 Å². The smallest absolute Gasteiger partial charge is 0.129 e. The molecule has 0 saturated carbocycles. The Morgan fingerprint density at radius 3 is 2.71 bits per heavy atom. The van der Waals surface area contributed by atoms with E-state index < -0.39 is 5.60 Å². The van der Waals surface area contributed by atoms with Crippen molar-refractivity contribution in [1.29, 1.82) is 0 Å². The summed E-state index contributed by atoms with van der Waals surface area (Å²) < 4.78 is 19.5. The number of ether oxygens (including phenoxy) is 1. The normalized spacial score (nSPS) is 15.2. The molecule has 0 saturated heterocycles. The van der Waals surface area contributed by atoms with E-state index in [9.17, 15) is 4.39 Å². The van der Waals surface area contributed by atoms with Gasteiger partial charge in [0.25, 0.3) is 0 Å². The Morgan fingerprint density at radius 1 is 1.57 bits per heavy atom. The van der Waals surface area contributed by atoms with Crippen molar-refractivity contribution in [2.24, 2.45) is 5.73 Å². The fourth-order valence-electron chi connectivity index (χ4n) is 1.21. The second-order valence-electron chi connectivity index (χ2n) is 3.26. The summed E-state index contributed by atoms with van der Waals surface area (Å²) in [5.41, 5.74) is 5.26. The van der Waals surface area contributed by atoms with E-state index in [1.165, 1.54) is 13.2 Å². The molecule has 1 aromatic carbocycles. The summed E-state index contributed by atoms with van der Waals surface area (Å²) in [4.78, 5) is 0. The van der Waals surface area contributed by atoms with E-state index in [0.717, 1.165) is 4.47 Å². The molecule has 1 unspecified atom stereocenters. The SMILES string of the molecule is COC(C)(CN)c1cc(Br)ccc1F. The molecule has 0 bridgehead atoms. The van der Waals surface area contributed by atoms with Crippen LogP contribution in [0.15, 0.2) is 22.7 Å². The number of methoxy groups -OCH3 is 1. The van der Waals surface area contributed by atoms with Crippen LogP contribution in [0.2, 0.25) is 0 Å². The van der Waals surface area contributed by atoms with Crippen LogP contribution in [-0.4, -0.2) is 13.7 Å². The maximum absolute atomic E-state index is 13.5. The number of benzene rings is 1. The van der Waals surface area contributed by atoms with E-state index in [4.69, 9.17) is 10.5 Å².